The van der Waals surface area contributed by atoms with Crippen molar-refractivity contribution in [3.05, 3.63) is 44.8 Å². The van der Waals surface area contributed by atoms with Crippen LogP contribution in [0.2, 0.25) is 0 Å². The lowest BCUT2D eigenvalue weighted by molar-refractivity contribution is -0.938. The molecule has 1 unspecified atom stereocenters. The van der Waals surface area contributed by atoms with E-state index in [-0.39, 0.29) is 18.5 Å². The van der Waals surface area contributed by atoms with Crippen LogP contribution >= 0.6 is 22.7 Å². The van der Waals surface area contributed by atoms with Gasteiger partial charge in [-0.25, -0.2) is 4.79 Å². The molecule has 27 heavy (non-hydrogen) atoms. The summed E-state index contributed by atoms with van der Waals surface area (Å²) in [5.41, 5.74) is -1.72. The Bertz CT molecular complexity index is 769. The molecule has 2 aromatic rings. The summed E-state index contributed by atoms with van der Waals surface area (Å²) in [7, 11) is 4.49. The van der Waals surface area contributed by atoms with Crippen LogP contribution < -0.4 is 12.4 Å². The molecule has 0 radical (unpaired) electrons. The molecule has 0 aromatic carbocycles. The van der Waals surface area contributed by atoms with Gasteiger partial charge in [0.2, 0.25) is 5.60 Å². The fourth-order valence-corrected chi connectivity index (χ4v) is 6.54. The molecule has 1 N–H and O–H groups in total. The largest absolute Gasteiger partial charge is 1.00 e. The highest BCUT2D eigenvalue weighted by Crippen LogP contribution is 2.52. The summed E-state index contributed by atoms with van der Waals surface area (Å²) in [6, 6.07) is 8.01. The van der Waals surface area contributed by atoms with E-state index in [1.165, 1.54) is 22.7 Å². The number of hydrogen-bond acceptors (Lipinski definition) is 6. The van der Waals surface area contributed by atoms with Gasteiger partial charge in [0.25, 0.3) is 0 Å². The first kappa shape index (κ1) is 19.4. The van der Waals surface area contributed by atoms with Gasteiger partial charge in [-0.3, -0.25) is 0 Å². The summed E-state index contributed by atoms with van der Waals surface area (Å²) < 4.78 is 12.6. The Morgan fingerprint density at radius 3 is 2.11 bits per heavy atom. The number of epoxide rings is 1. The van der Waals surface area contributed by atoms with Gasteiger partial charge in [0.05, 0.1) is 23.8 Å². The second-order valence-electron chi connectivity index (χ2n) is 7.99. The van der Waals surface area contributed by atoms with Gasteiger partial charge in [0.1, 0.15) is 30.4 Å². The Morgan fingerprint density at radius 2 is 1.67 bits per heavy atom. The fraction of sp³-hybridized carbons (Fsp3) is 0.526. The molecular formula is C19H22ClNO4S2. The quantitative estimate of drug-likeness (QED) is 0.400. The number of halogens is 1. The molecule has 146 valence electrons. The van der Waals surface area contributed by atoms with Gasteiger partial charge in [-0.1, -0.05) is 12.1 Å². The summed E-state index contributed by atoms with van der Waals surface area (Å²) in [5.74, 6) is -0.561. The van der Waals surface area contributed by atoms with Crippen LogP contribution in [0, 0.1) is 0 Å². The Morgan fingerprint density at radius 1 is 1.15 bits per heavy atom. The highest BCUT2D eigenvalue weighted by Gasteiger charge is 2.71. The lowest BCUT2D eigenvalue weighted by Gasteiger charge is -2.45. The highest BCUT2D eigenvalue weighted by atomic mass is 35.5. The molecule has 3 aliphatic heterocycles. The molecule has 8 heteroatoms. The SMILES string of the molecule is C[N+]1(C)[C@@H]2CC(OC(=O)C(O)(c3cccs3)c3cccs3)C[C@H]1[C@@H]1O[C@@H]12.[Cl-]. The van der Waals surface area contributed by atoms with E-state index in [1.807, 2.05) is 22.9 Å². The minimum atomic E-state index is -1.72. The maximum atomic E-state index is 13.1. The minimum absolute atomic E-state index is 0. The smallest absolute Gasteiger partial charge is 0.349 e. The molecule has 3 saturated heterocycles. The third-order valence-electron chi connectivity index (χ3n) is 6.36. The molecule has 5 rings (SSSR count). The topological polar surface area (TPSA) is 59.1 Å². The Balaban J connectivity index is 0.00000180. The van der Waals surface area contributed by atoms with E-state index in [0.29, 0.717) is 34.0 Å². The van der Waals surface area contributed by atoms with E-state index >= 15 is 0 Å². The van der Waals surface area contributed by atoms with Crippen molar-refractivity contribution in [3.8, 4) is 0 Å². The average molecular weight is 428 g/mol. The molecule has 0 saturated carbocycles. The zero-order chi connectivity index (χ0) is 18.1. The van der Waals surface area contributed by atoms with Gasteiger partial charge >= 0.3 is 5.97 Å². The van der Waals surface area contributed by atoms with E-state index in [4.69, 9.17) is 9.47 Å². The van der Waals surface area contributed by atoms with Crippen LogP contribution in [0.15, 0.2) is 35.0 Å². The second kappa shape index (κ2) is 6.54. The van der Waals surface area contributed by atoms with E-state index in [2.05, 4.69) is 14.1 Å². The maximum Gasteiger partial charge on any atom is 0.349 e. The van der Waals surface area contributed by atoms with E-state index in [0.717, 1.165) is 17.3 Å². The minimum Gasteiger partial charge on any atom is -1.00 e. The van der Waals surface area contributed by atoms with Gasteiger partial charge in [-0.05, 0) is 22.9 Å². The Hall–Kier alpha value is -0.960. The molecule has 0 amide bonds. The number of nitrogens with zero attached hydrogens (tertiary/aromatic N) is 1. The van der Waals surface area contributed by atoms with Crippen LogP contribution in [-0.2, 0) is 19.9 Å². The summed E-state index contributed by atoms with van der Waals surface area (Å²) in [5, 5.41) is 15.1. The average Bonchev–Trinajstić information content (AvgIpc) is 2.98. The summed E-state index contributed by atoms with van der Waals surface area (Å²) in [6.45, 7) is 0. The number of rotatable bonds is 4. The van der Waals surface area contributed by atoms with Gasteiger partial charge in [-0.2, -0.15) is 0 Å². The van der Waals surface area contributed by atoms with Crippen molar-refractivity contribution in [2.75, 3.05) is 14.1 Å². The highest BCUT2D eigenvalue weighted by molar-refractivity contribution is 7.12. The van der Waals surface area contributed by atoms with Crippen LogP contribution in [0.4, 0.5) is 0 Å². The van der Waals surface area contributed by atoms with Gasteiger partial charge in [0, 0.05) is 12.8 Å². The summed E-state index contributed by atoms with van der Waals surface area (Å²) in [6.07, 6.45) is 2.05. The molecule has 2 bridgehead atoms. The third kappa shape index (κ3) is 2.79. The molecule has 3 aliphatic rings. The van der Waals surface area contributed by atoms with E-state index < -0.39 is 11.6 Å². The zero-order valence-corrected chi connectivity index (χ0v) is 17.5. The van der Waals surface area contributed by atoms with Crippen molar-refractivity contribution < 1.29 is 36.3 Å². The lowest BCUT2D eigenvalue weighted by atomic mass is 9.95. The normalized spacial score (nSPS) is 33.1. The number of esters is 1. The van der Waals surface area contributed by atoms with Crippen molar-refractivity contribution in [2.45, 2.75) is 48.8 Å². The molecule has 3 fully saturated rings. The lowest BCUT2D eigenvalue weighted by Crippen LogP contribution is -3.00. The molecular weight excluding hydrogens is 406 g/mol. The maximum absolute atomic E-state index is 13.1. The molecule has 5 heterocycles. The number of ether oxygens (including phenoxy) is 2. The van der Waals surface area contributed by atoms with Crippen LogP contribution in [0.5, 0.6) is 0 Å². The fourth-order valence-electron chi connectivity index (χ4n) is 4.83. The van der Waals surface area contributed by atoms with Crippen LogP contribution in [-0.4, -0.2) is 60.0 Å². The van der Waals surface area contributed by atoms with Crippen LogP contribution in [0.3, 0.4) is 0 Å². The number of morpholine rings is 1. The first-order valence-electron chi connectivity index (χ1n) is 8.92. The number of thiophene rings is 2. The predicted molar refractivity (Wildman–Crippen MR) is 99.1 cm³/mol. The number of piperidine rings is 1. The van der Waals surface area contributed by atoms with Crippen molar-refractivity contribution in [3.63, 3.8) is 0 Å². The zero-order valence-electron chi connectivity index (χ0n) is 15.1. The Labute approximate surface area is 172 Å². The first-order chi connectivity index (χ1) is 12.4. The molecule has 2 aromatic heterocycles. The number of quaternary nitrogens is 1. The molecule has 0 aliphatic carbocycles. The number of carbonyl (C=O) groups is 1. The monoisotopic (exact) mass is 427 g/mol. The summed E-state index contributed by atoms with van der Waals surface area (Å²) >= 11 is 2.74. The van der Waals surface area contributed by atoms with Gasteiger partial charge in [-0.15, -0.1) is 22.7 Å². The number of likely N-dealkylation sites (N-methyl/N-ethyl adjacent to an activating group) is 1. The molecule has 5 atom stereocenters. The summed E-state index contributed by atoms with van der Waals surface area (Å²) in [4.78, 5) is 14.3. The number of aliphatic hydroxyl groups is 1. The van der Waals surface area contributed by atoms with Crippen LogP contribution in [0.1, 0.15) is 22.6 Å². The number of hydrogen-bond donors (Lipinski definition) is 1. The molecule has 0 spiro atoms. The third-order valence-corrected chi connectivity index (χ3v) is 8.32. The van der Waals surface area contributed by atoms with Gasteiger partial charge < -0.3 is 31.5 Å². The predicted octanol–water partition coefficient (Wildman–Crippen LogP) is -0.650. The molecule has 5 nitrogen and oxygen atoms in total. The van der Waals surface area contributed by atoms with Crippen molar-refractivity contribution in [2.24, 2.45) is 0 Å². The van der Waals surface area contributed by atoms with E-state index in [9.17, 15) is 9.90 Å². The second-order valence-corrected chi connectivity index (χ2v) is 9.89. The van der Waals surface area contributed by atoms with E-state index in [1.54, 1.807) is 12.1 Å². The standard InChI is InChI=1S/C19H22NO4S2.ClH/c1-20(2)12-9-11(10-13(20)17-16(12)24-17)23-18(21)19(22,14-5-3-7-25-14)15-6-4-8-26-15;/h3-8,11-13,16-17,22H,9-10H2,1-2H3;1H/q+1;/p-1/t11?,12-,13+,16-,17+;. The first-order valence-corrected chi connectivity index (χ1v) is 10.7. The van der Waals surface area contributed by atoms with Crippen molar-refractivity contribution >= 4 is 28.6 Å². The number of fused-ring (bicyclic) bond motifs is 5. The number of carbonyl (C=O) groups excluding carboxylic acids is 1. The van der Waals surface area contributed by atoms with Crippen LogP contribution in [0.25, 0.3) is 0 Å². The van der Waals surface area contributed by atoms with Crippen molar-refractivity contribution in [1.29, 1.82) is 0 Å². The Kier molecular flexibility index (Phi) is 4.69. The van der Waals surface area contributed by atoms with Gasteiger partial charge in [0.15, 0.2) is 0 Å². The van der Waals surface area contributed by atoms with Crippen molar-refractivity contribution in [1.82, 2.24) is 0 Å².